The summed E-state index contributed by atoms with van der Waals surface area (Å²) < 4.78 is 32.3. The first-order chi connectivity index (χ1) is 20.9. The predicted molar refractivity (Wildman–Crippen MR) is 152 cm³/mol. The van der Waals surface area contributed by atoms with Crippen LogP contribution in [0.3, 0.4) is 0 Å². The SMILES string of the molecule is COC(=O)c1cc(OC)cc(O)c1C1=C2CC3(COc4cc(OC)cc(C(=O)OC)c4C3=O)C(=O)C(C(C)=O)=C2C=C(C)O1. The van der Waals surface area contributed by atoms with Crippen LogP contribution in [0.25, 0.3) is 5.76 Å². The molecule has 0 fully saturated rings. The highest BCUT2D eigenvalue weighted by Gasteiger charge is 2.57. The largest absolute Gasteiger partial charge is 0.507 e. The highest BCUT2D eigenvalue weighted by atomic mass is 16.5. The average molecular weight is 605 g/mol. The van der Waals surface area contributed by atoms with E-state index in [1.165, 1.54) is 51.5 Å². The Kier molecular flexibility index (Phi) is 7.54. The monoisotopic (exact) mass is 604 g/mol. The van der Waals surface area contributed by atoms with Gasteiger partial charge < -0.3 is 33.5 Å². The van der Waals surface area contributed by atoms with E-state index >= 15 is 0 Å². The van der Waals surface area contributed by atoms with Gasteiger partial charge >= 0.3 is 11.9 Å². The quantitative estimate of drug-likeness (QED) is 0.289. The van der Waals surface area contributed by atoms with Crippen LogP contribution in [0.4, 0.5) is 0 Å². The molecule has 1 aliphatic carbocycles. The number of methoxy groups -OCH3 is 4. The number of ketones is 3. The van der Waals surface area contributed by atoms with Gasteiger partial charge in [-0.05, 0) is 37.6 Å². The van der Waals surface area contributed by atoms with E-state index in [-0.39, 0.29) is 74.2 Å². The number of aromatic hydroxyl groups is 1. The molecule has 0 saturated heterocycles. The molecule has 1 atom stereocenters. The van der Waals surface area contributed by atoms with Crippen LogP contribution >= 0.6 is 0 Å². The van der Waals surface area contributed by atoms with Gasteiger partial charge in [0.15, 0.2) is 17.3 Å². The normalized spacial score (nSPS) is 18.9. The molecule has 12 heteroatoms. The average Bonchev–Trinajstić information content (AvgIpc) is 3.01. The summed E-state index contributed by atoms with van der Waals surface area (Å²) >= 11 is 0. The summed E-state index contributed by atoms with van der Waals surface area (Å²) in [5.41, 5.74) is -2.61. The Morgan fingerprint density at radius 2 is 1.45 bits per heavy atom. The molecule has 0 aromatic heterocycles. The first kappa shape index (κ1) is 30.1. The van der Waals surface area contributed by atoms with Crippen molar-refractivity contribution in [3.8, 4) is 23.0 Å². The third kappa shape index (κ3) is 4.50. The van der Waals surface area contributed by atoms with E-state index < -0.39 is 47.1 Å². The van der Waals surface area contributed by atoms with Crippen LogP contribution in [0.2, 0.25) is 0 Å². The lowest BCUT2D eigenvalue weighted by Gasteiger charge is -2.41. The van der Waals surface area contributed by atoms with Gasteiger partial charge in [-0.3, -0.25) is 14.4 Å². The number of benzene rings is 2. The Labute approximate surface area is 251 Å². The van der Waals surface area contributed by atoms with Gasteiger partial charge in [-0.1, -0.05) is 0 Å². The zero-order chi connectivity index (χ0) is 32.1. The molecule has 12 nitrogen and oxygen atoms in total. The Balaban J connectivity index is 1.83. The zero-order valence-electron chi connectivity index (χ0n) is 24.7. The minimum atomic E-state index is -2.02. The number of allylic oxidation sites excluding steroid dienone is 5. The lowest BCUT2D eigenvalue weighted by Crippen LogP contribution is -2.51. The minimum absolute atomic E-state index is 0.00191. The van der Waals surface area contributed by atoms with Crippen molar-refractivity contribution in [3.63, 3.8) is 0 Å². The van der Waals surface area contributed by atoms with E-state index in [9.17, 15) is 29.1 Å². The summed E-state index contributed by atoms with van der Waals surface area (Å²) in [5.74, 6) is -3.83. The van der Waals surface area contributed by atoms with Crippen molar-refractivity contribution < 1.29 is 57.5 Å². The third-order valence-corrected chi connectivity index (χ3v) is 7.78. The van der Waals surface area contributed by atoms with E-state index in [0.717, 1.165) is 14.2 Å². The van der Waals surface area contributed by atoms with Crippen molar-refractivity contribution in [2.24, 2.45) is 5.41 Å². The van der Waals surface area contributed by atoms with Gasteiger partial charge in [0.1, 0.15) is 46.5 Å². The van der Waals surface area contributed by atoms with Gasteiger partial charge in [0.05, 0.1) is 56.3 Å². The van der Waals surface area contributed by atoms with E-state index in [4.69, 9.17) is 28.4 Å². The summed E-state index contributed by atoms with van der Waals surface area (Å²) in [4.78, 5) is 67.5. The zero-order valence-corrected chi connectivity index (χ0v) is 24.7. The van der Waals surface area contributed by atoms with Crippen molar-refractivity contribution in [3.05, 3.63) is 75.1 Å². The lowest BCUT2D eigenvalue weighted by molar-refractivity contribution is -0.127. The molecular formula is C32H28O12. The van der Waals surface area contributed by atoms with Crippen LogP contribution in [0.15, 0.2) is 52.8 Å². The molecular weight excluding hydrogens is 576 g/mol. The molecule has 1 unspecified atom stereocenters. The van der Waals surface area contributed by atoms with Crippen LogP contribution < -0.4 is 14.2 Å². The Bertz CT molecular complexity index is 1770. The number of carbonyl (C=O) groups is 5. The number of phenolic OH excluding ortho intramolecular Hbond substituents is 1. The molecule has 2 aliphatic heterocycles. The maximum atomic E-state index is 14.5. The maximum absolute atomic E-state index is 14.5. The molecule has 3 aliphatic rings. The van der Waals surface area contributed by atoms with Gasteiger partial charge in [0.2, 0.25) is 0 Å². The van der Waals surface area contributed by atoms with Crippen LogP contribution in [-0.2, 0) is 23.8 Å². The molecule has 2 heterocycles. The third-order valence-electron chi connectivity index (χ3n) is 7.78. The number of rotatable bonds is 6. The summed E-state index contributed by atoms with van der Waals surface area (Å²) in [6.45, 7) is 2.26. The smallest absolute Gasteiger partial charge is 0.338 e. The number of esters is 2. The van der Waals surface area contributed by atoms with E-state index in [1.54, 1.807) is 6.92 Å². The number of ether oxygens (including phenoxy) is 6. The lowest BCUT2D eigenvalue weighted by atomic mass is 9.62. The number of Topliss-reactive ketones (excluding diaryl/α,β-unsaturated/α-hetero) is 3. The fourth-order valence-corrected chi connectivity index (χ4v) is 5.72. The molecule has 44 heavy (non-hydrogen) atoms. The second kappa shape index (κ2) is 11.0. The molecule has 1 spiro atoms. The van der Waals surface area contributed by atoms with E-state index in [1.807, 2.05) is 0 Å². The van der Waals surface area contributed by atoms with Gasteiger partial charge in [-0.25, -0.2) is 9.59 Å². The van der Waals surface area contributed by atoms with E-state index in [0.29, 0.717) is 0 Å². The maximum Gasteiger partial charge on any atom is 0.338 e. The Hall–Kier alpha value is -5.39. The van der Waals surface area contributed by atoms with Crippen LogP contribution in [0.5, 0.6) is 23.0 Å². The predicted octanol–water partition coefficient (Wildman–Crippen LogP) is 3.75. The first-order valence-corrected chi connectivity index (χ1v) is 13.3. The minimum Gasteiger partial charge on any atom is -0.507 e. The number of phenols is 1. The summed E-state index contributed by atoms with van der Waals surface area (Å²) in [6, 6.07) is 5.30. The number of fused-ring (bicyclic) bond motifs is 2. The molecule has 0 amide bonds. The van der Waals surface area contributed by atoms with Crippen LogP contribution in [0, 0.1) is 5.41 Å². The molecule has 2 aromatic rings. The molecule has 1 N–H and O–H groups in total. The van der Waals surface area contributed by atoms with Crippen molar-refractivity contribution in [2.75, 3.05) is 35.0 Å². The second-order valence-corrected chi connectivity index (χ2v) is 10.3. The van der Waals surface area contributed by atoms with E-state index in [2.05, 4.69) is 0 Å². The van der Waals surface area contributed by atoms with Crippen molar-refractivity contribution in [1.82, 2.24) is 0 Å². The number of hydrogen-bond donors (Lipinski definition) is 1. The first-order valence-electron chi connectivity index (χ1n) is 13.3. The van der Waals surface area contributed by atoms with Gasteiger partial charge in [0, 0.05) is 24.1 Å². The summed E-state index contributed by atoms with van der Waals surface area (Å²) in [7, 11) is 5.01. The van der Waals surface area contributed by atoms with Crippen molar-refractivity contribution in [1.29, 1.82) is 0 Å². The Morgan fingerprint density at radius 3 is 2.02 bits per heavy atom. The summed E-state index contributed by atoms with van der Waals surface area (Å²) in [6.07, 6.45) is 1.11. The second-order valence-electron chi connectivity index (χ2n) is 10.3. The molecule has 228 valence electrons. The Morgan fingerprint density at radius 1 is 0.864 bits per heavy atom. The molecule has 2 aromatic carbocycles. The molecule has 0 saturated carbocycles. The number of carbonyl (C=O) groups excluding carboxylic acids is 5. The van der Waals surface area contributed by atoms with Crippen molar-refractivity contribution >= 4 is 35.0 Å². The fraction of sp³-hybridized carbons (Fsp3) is 0.281. The van der Waals surface area contributed by atoms with Gasteiger partial charge in [0.25, 0.3) is 0 Å². The summed E-state index contributed by atoms with van der Waals surface area (Å²) in [5, 5.41) is 11.1. The molecule has 5 rings (SSSR count). The van der Waals surface area contributed by atoms with Crippen molar-refractivity contribution in [2.45, 2.75) is 20.3 Å². The van der Waals surface area contributed by atoms with Gasteiger partial charge in [-0.15, -0.1) is 0 Å². The molecule has 0 radical (unpaired) electrons. The molecule has 0 bridgehead atoms. The van der Waals surface area contributed by atoms with Crippen LogP contribution in [0.1, 0.15) is 56.9 Å². The standard InChI is InChI=1S/C32H28O12/c1-14-7-18-21(27(44-14)25-19(30(37)41-5)8-16(39-3)10-22(25)34)12-32(28(35)24(18)15(2)33)13-43-23-11-17(40-4)9-20(31(38)42-6)26(23)29(32)36/h7-11,34H,12-13H2,1-6H3. The number of hydrogen-bond acceptors (Lipinski definition) is 12. The van der Waals surface area contributed by atoms with Gasteiger partial charge in [-0.2, -0.15) is 0 Å². The highest BCUT2D eigenvalue weighted by Crippen LogP contribution is 2.52. The topological polar surface area (TPSA) is 161 Å². The highest BCUT2D eigenvalue weighted by molar-refractivity contribution is 6.32. The van der Waals surface area contributed by atoms with Crippen LogP contribution in [-0.4, -0.2) is 69.4 Å². The fourth-order valence-electron chi connectivity index (χ4n) is 5.72.